The topological polar surface area (TPSA) is 62.5 Å². The molecule has 68 heavy (non-hydrogen) atoms. The molecule has 0 radical (unpaired) electrons. The number of hydrogen-bond donors (Lipinski definition) is 0. The quantitative estimate of drug-likeness (QED) is 0.150. The number of nitrogens with zero attached hydrogens (tertiary/aromatic N) is 4. The van der Waals surface area contributed by atoms with Crippen LogP contribution in [-0.2, 0) is 0 Å². The van der Waals surface area contributed by atoms with Gasteiger partial charge in [-0.15, -0.1) is 0 Å². The predicted molar refractivity (Wildman–Crippen MR) is 280 cm³/mol. The smallest absolute Gasteiger partial charge is 0.164 e. The van der Waals surface area contributed by atoms with E-state index in [-0.39, 0.29) is 0 Å². The van der Waals surface area contributed by atoms with Crippen LogP contribution in [0.25, 0.3) is 133 Å². The number of hydrogen-bond acceptors (Lipinski definition) is 4. The summed E-state index contributed by atoms with van der Waals surface area (Å²) in [7, 11) is 0. The summed E-state index contributed by atoms with van der Waals surface area (Å²) in [6.45, 7) is 0. The maximum absolute atomic E-state index is 10.5. The van der Waals surface area contributed by atoms with Gasteiger partial charge in [0.15, 0.2) is 17.5 Å². The number of rotatable bonds is 7. The molecule has 13 rings (SSSR count). The Labute approximate surface area is 393 Å². The molecular formula is C64H38N4. The van der Waals surface area contributed by atoms with Gasteiger partial charge in [0.2, 0.25) is 0 Å². The van der Waals surface area contributed by atoms with Gasteiger partial charge in [0.25, 0.3) is 0 Å². The van der Waals surface area contributed by atoms with Crippen molar-refractivity contribution in [1.29, 1.82) is 5.26 Å². The van der Waals surface area contributed by atoms with E-state index in [0.717, 1.165) is 50.1 Å². The van der Waals surface area contributed by atoms with Crippen LogP contribution in [0.1, 0.15) is 5.56 Å². The summed E-state index contributed by atoms with van der Waals surface area (Å²) in [6.07, 6.45) is 0. The summed E-state index contributed by atoms with van der Waals surface area (Å²) in [5, 5.41) is 18.0. The first-order valence-electron chi connectivity index (χ1n) is 22.9. The van der Waals surface area contributed by atoms with Crippen molar-refractivity contribution in [3.8, 4) is 107 Å². The van der Waals surface area contributed by atoms with Crippen molar-refractivity contribution in [2.45, 2.75) is 0 Å². The monoisotopic (exact) mass is 862 g/mol. The van der Waals surface area contributed by atoms with Crippen LogP contribution < -0.4 is 0 Å². The van der Waals surface area contributed by atoms with Crippen molar-refractivity contribution in [3.05, 3.63) is 236 Å². The highest BCUT2D eigenvalue weighted by atomic mass is 15.0. The van der Waals surface area contributed by atoms with E-state index < -0.39 is 0 Å². The van der Waals surface area contributed by atoms with Crippen LogP contribution >= 0.6 is 0 Å². The molecule has 11 aromatic carbocycles. The Hall–Kier alpha value is -9.30. The Morgan fingerprint density at radius 1 is 0.279 bits per heavy atom. The molecular weight excluding hydrogens is 825 g/mol. The first-order valence-corrected chi connectivity index (χ1v) is 22.9. The standard InChI is InChI=1S/C64H38N4/c65-39-48-35-34-47(37-58(48)45-20-10-19-44(36-45)51-26-13-28-55-54-27-11-17-41-18-12-29-57(60(41)54)61(51)55)50-22-6-9-25-56(50)64-67-62(42-14-2-1-3-15-42)66-63(68-64)43-32-30-40(31-33-43)59-38-46-16-4-5-21-49(46)52-23-7-8-24-53(52)59/h1-38H. The van der Waals surface area contributed by atoms with Gasteiger partial charge in [-0.3, -0.25) is 0 Å². The van der Waals surface area contributed by atoms with Gasteiger partial charge in [-0.1, -0.05) is 206 Å². The maximum atomic E-state index is 10.5. The van der Waals surface area contributed by atoms with E-state index >= 15 is 0 Å². The molecule has 12 aromatic rings. The molecule has 1 aromatic heterocycles. The number of nitriles is 1. The molecule has 0 aliphatic heterocycles. The van der Waals surface area contributed by atoms with Gasteiger partial charge in [0.05, 0.1) is 11.6 Å². The lowest BCUT2D eigenvalue weighted by molar-refractivity contribution is 1.07. The third kappa shape index (κ3) is 6.48. The summed E-state index contributed by atoms with van der Waals surface area (Å²) in [5.41, 5.74) is 16.6. The first-order chi connectivity index (χ1) is 33.7. The lowest BCUT2D eigenvalue weighted by Gasteiger charge is -2.15. The molecule has 0 bridgehead atoms. The molecule has 0 spiro atoms. The van der Waals surface area contributed by atoms with Crippen molar-refractivity contribution in [1.82, 2.24) is 15.0 Å². The van der Waals surface area contributed by atoms with Crippen molar-refractivity contribution in [2.24, 2.45) is 0 Å². The molecule has 0 unspecified atom stereocenters. The van der Waals surface area contributed by atoms with Crippen LogP contribution in [0, 0.1) is 11.3 Å². The molecule has 314 valence electrons. The lowest BCUT2D eigenvalue weighted by Crippen LogP contribution is -2.01. The van der Waals surface area contributed by atoms with E-state index in [0.29, 0.717) is 23.0 Å². The number of fused-ring (bicyclic) bond motifs is 6. The molecule has 0 atom stereocenters. The van der Waals surface area contributed by atoms with E-state index in [1.54, 1.807) is 0 Å². The van der Waals surface area contributed by atoms with E-state index in [1.165, 1.54) is 65.7 Å². The molecule has 0 saturated carbocycles. The highest BCUT2D eigenvalue weighted by Gasteiger charge is 2.25. The second-order valence-corrected chi connectivity index (χ2v) is 17.4. The average Bonchev–Trinajstić information content (AvgIpc) is 3.75. The average molecular weight is 863 g/mol. The normalized spacial score (nSPS) is 11.5. The minimum Gasteiger partial charge on any atom is -0.208 e. The van der Waals surface area contributed by atoms with Gasteiger partial charge in [0, 0.05) is 22.3 Å². The fraction of sp³-hybridized carbons (Fsp3) is 0. The van der Waals surface area contributed by atoms with Crippen LogP contribution in [0.3, 0.4) is 0 Å². The van der Waals surface area contributed by atoms with Gasteiger partial charge in [0.1, 0.15) is 0 Å². The third-order valence-corrected chi connectivity index (χ3v) is 13.5. The third-order valence-electron chi connectivity index (χ3n) is 13.5. The highest BCUT2D eigenvalue weighted by molar-refractivity contribution is 6.18. The van der Waals surface area contributed by atoms with E-state index in [1.807, 2.05) is 54.6 Å². The van der Waals surface area contributed by atoms with Crippen LogP contribution in [0.5, 0.6) is 0 Å². The Bertz CT molecular complexity index is 4030. The number of benzene rings is 11. The van der Waals surface area contributed by atoms with E-state index in [2.05, 4.69) is 182 Å². The Morgan fingerprint density at radius 2 is 0.794 bits per heavy atom. The van der Waals surface area contributed by atoms with Crippen LogP contribution in [0.15, 0.2) is 231 Å². The second kappa shape index (κ2) is 16.0. The summed E-state index contributed by atoms with van der Waals surface area (Å²) in [5.74, 6) is 1.74. The Kier molecular flexibility index (Phi) is 9.20. The fourth-order valence-corrected chi connectivity index (χ4v) is 10.3. The van der Waals surface area contributed by atoms with E-state index in [9.17, 15) is 5.26 Å². The maximum Gasteiger partial charge on any atom is 0.164 e. The predicted octanol–water partition coefficient (Wildman–Crippen LogP) is 16.5. The SMILES string of the molecule is N#Cc1ccc(-c2ccccc2-c2nc(-c3ccccc3)nc(-c3ccc(-c4cc5ccccc5c5ccccc45)cc3)n2)cc1-c1cccc(-c2cccc3c2-c2cccc4cccc-3c24)c1. The lowest BCUT2D eigenvalue weighted by atomic mass is 9.89. The van der Waals surface area contributed by atoms with Crippen LogP contribution in [0.4, 0.5) is 0 Å². The van der Waals surface area contributed by atoms with Crippen molar-refractivity contribution in [3.63, 3.8) is 0 Å². The first kappa shape index (κ1) is 39.1. The molecule has 1 aliphatic carbocycles. The van der Waals surface area contributed by atoms with Gasteiger partial charge >= 0.3 is 0 Å². The molecule has 0 amide bonds. The molecule has 0 saturated heterocycles. The highest BCUT2D eigenvalue weighted by Crippen LogP contribution is 2.51. The summed E-state index contributed by atoms with van der Waals surface area (Å²) >= 11 is 0. The molecule has 1 aliphatic rings. The summed E-state index contributed by atoms with van der Waals surface area (Å²) < 4.78 is 0. The molecule has 0 N–H and O–H groups in total. The van der Waals surface area contributed by atoms with Crippen molar-refractivity contribution < 1.29 is 0 Å². The molecule has 4 nitrogen and oxygen atoms in total. The van der Waals surface area contributed by atoms with Crippen molar-refractivity contribution in [2.75, 3.05) is 0 Å². The zero-order valence-electron chi connectivity index (χ0n) is 36.7. The largest absolute Gasteiger partial charge is 0.208 e. The fourth-order valence-electron chi connectivity index (χ4n) is 10.3. The van der Waals surface area contributed by atoms with Crippen LogP contribution in [-0.4, -0.2) is 15.0 Å². The summed E-state index contributed by atoms with van der Waals surface area (Å²) in [4.78, 5) is 15.5. The van der Waals surface area contributed by atoms with E-state index in [4.69, 9.17) is 15.0 Å². The summed E-state index contributed by atoms with van der Waals surface area (Å²) in [6, 6.07) is 83.3. The Morgan fingerprint density at radius 3 is 1.59 bits per heavy atom. The van der Waals surface area contributed by atoms with Gasteiger partial charge < -0.3 is 0 Å². The number of aromatic nitrogens is 3. The zero-order chi connectivity index (χ0) is 45.1. The van der Waals surface area contributed by atoms with Crippen LogP contribution in [0.2, 0.25) is 0 Å². The molecule has 4 heteroatoms. The van der Waals surface area contributed by atoms with Gasteiger partial charge in [-0.05, 0) is 118 Å². The van der Waals surface area contributed by atoms with Gasteiger partial charge in [-0.25, -0.2) is 15.0 Å². The Balaban J connectivity index is 0.904. The second-order valence-electron chi connectivity index (χ2n) is 17.4. The van der Waals surface area contributed by atoms with Gasteiger partial charge in [-0.2, -0.15) is 5.26 Å². The minimum atomic E-state index is 0.566. The zero-order valence-corrected chi connectivity index (χ0v) is 36.7. The molecule has 0 fully saturated rings. The minimum absolute atomic E-state index is 0.566. The van der Waals surface area contributed by atoms with Crippen molar-refractivity contribution >= 4 is 32.3 Å². The molecule has 1 heterocycles.